The molecule has 1 aliphatic carbocycles. The van der Waals surface area contributed by atoms with Crippen LogP contribution in [0.5, 0.6) is 5.75 Å². The second-order valence-corrected chi connectivity index (χ2v) is 6.35. The molecule has 0 radical (unpaired) electrons. The van der Waals surface area contributed by atoms with E-state index in [0.29, 0.717) is 13.0 Å². The van der Waals surface area contributed by atoms with Gasteiger partial charge in [0.05, 0.1) is 19.1 Å². The molecular formula is C18H23NO4. The number of rotatable bonds is 4. The quantitative estimate of drug-likeness (QED) is 0.866. The van der Waals surface area contributed by atoms with Gasteiger partial charge in [0.25, 0.3) is 0 Å². The Balaban J connectivity index is 1.85. The Morgan fingerprint density at radius 2 is 1.91 bits per heavy atom. The van der Waals surface area contributed by atoms with Gasteiger partial charge >= 0.3 is 5.97 Å². The van der Waals surface area contributed by atoms with Gasteiger partial charge in [0, 0.05) is 6.42 Å². The average Bonchev–Trinajstić information content (AvgIpc) is 3.00. The third-order valence-electron chi connectivity index (χ3n) is 5.03. The predicted molar refractivity (Wildman–Crippen MR) is 85.3 cm³/mol. The summed E-state index contributed by atoms with van der Waals surface area (Å²) in [7, 11) is 1.63. The van der Waals surface area contributed by atoms with Crippen LogP contribution in [-0.2, 0) is 19.7 Å². The average molecular weight is 317 g/mol. The summed E-state index contributed by atoms with van der Waals surface area (Å²) in [6.45, 7) is 0.388. The molecule has 124 valence electrons. The molecule has 5 nitrogen and oxygen atoms in total. The Labute approximate surface area is 136 Å². The van der Waals surface area contributed by atoms with Crippen molar-refractivity contribution in [2.75, 3.05) is 13.7 Å². The van der Waals surface area contributed by atoms with Crippen LogP contribution in [0.25, 0.3) is 0 Å². The number of cyclic esters (lactones) is 1. The van der Waals surface area contributed by atoms with E-state index >= 15 is 0 Å². The molecule has 0 aromatic heterocycles. The summed E-state index contributed by atoms with van der Waals surface area (Å²) in [5.41, 5.74) is 0.454. The van der Waals surface area contributed by atoms with Crippen molar-refractivity contribution in [3.63, 3.8) is 0 Å². The smallest absolute Gasteiger partial charge is 0.328 e. The molecule has 1 aliphatic heterocycles. The zero-order valence-electron chi connectivity index (χ0n) is 13.5. The molecule has 2 aliphatic rings. The third kappa shape index (κ3) is 3.05. The van der Waals surface area contributed by atoms with Crippen LogP contribution in [0.1, 0.15) is 44.1 Å². The van der Waals surface area contributed by atoms with Gasteiger partial charge in [-0.05, 0) is 30.5 Å². The van der Waals surface area contributed by atoms with Crippen molar-refractivity contribution in [1.82, 2.24) is 5.32 Å². The first-order valence-electron chi connectivity index (χ1n) is 8.28. The van der Waals surface area contributed by atoms with Crippen LogP contribution in [-0.4, -0.2) is 31.6 Å². The number of hydrogen-bond donors (Lipinski definition) is 1. The molecule has 1 saturated carbocycles. The maximum Gasteiger partial charge on any atom is 0.328 e. The van der Waals surface area contributed by atoms with Crippen LogP contribution in [0.3, 0.4) is 0 Å². The Kier molecular flexibility index (Phi) is 4.55. The van der Waals surface area contributed by atoms with Gasteiger partial charge in [0.15, 0.2) is 0 Å². The lowest BCUT2D eigenvalue weighted by molar-refractivity contribution is -0.142. The molecule has 1 aromatic rings. The normalized spacial score (nSPS) is 23.2. The molecule has 0 bridgehead atoms. The van der Waals surface area contributed by atoms with E-state index in [4.69, 9.17) is 9.47 Å². The number of esters is 1. The van der Waals surface area contributed by atoms with Crippen molar-refractivity contribution in [2.45, 2.75) is 50.0 Å². The van der Waals surface area contributed by atoms with Gasteiger partial charge in [-0.1, -0.05) is 31.4 Å². The molecule has 0 unspecified atom stereocenters. The van der Waals surface area contributed by atoms with E-state index in [-0.39, 0.29) is 11.9 Å². The van der Waals surface area contributed by atoms with E-state index in [1.807, 2.05) is 24.3 Å². The van der Waals surface area contributed by atoms with Crippen LogP contribution >= 0.6 is 0 Å². The summed E-state index contributed by atoms with van der Waals surface area (Å²) < 4.78 is 10.2. The number of carbonyl (C=O) groups excluding carboxylic acids is 2. The van der Waals surface area contributed by atoms with Crippen LogP contribution in [0, 0.1) is 0 Å². The maximum atomic E-state index is 13.0. The number of methoxy groups -OCH3 is 1. The highest BCUT2D eigenvalue weighted by molar-refractivity contribution is 5.92. The van der Waals surface area contributed by atoms with Crippen LogP contribution in [0.15, 0.2) is 24.3 Å². The fourth-order valence-corrected chi connectivity index (χ4v) is 3.64. The topological polar surface area (TPSA) is 64.6 Å². The third-order valence-corrected chi connectivity index (χ3v) is 5.03. The van der Waals surface area contributed by atoms with Crippen LogP contribution in [0.4, 0.5) is 0 Å². The number of nitrogens with one attached hydrogen (secondary N) is 1. The van der Waals surface area contributed by atoms with Crippen molar-refractivity contribution < 1.29 is 19.1 Å². The summed E-state index contributed by atoms with van der Waals surface area (Å²) in [5.74, 6) is 0.407. The van der Waals surface area contributed by atoms with Crippen molar-refractivity contribution in [3.8, 4) is 5.75 Å². The Hall–Kier alpha value is -2.04. The minimum absolute atomic E-state index is 0.0498. The first-order valence-corrected chi connectivity index (χ1v) is 8.28. The Morgan fingerprint density at radius 3 is 2.48 bits per heavy atom. The molecule has 3 rings (SSSR count). The molecule has 1 N–H and O–H groups in total. The molecule has 5 heteroatoms. The highest BCUT2D eigenvalue weighted by Crippen LogP contribution is 2.40. The fraction of sp³-hybridized carbons (Fsp3) is 0.556. The zero-order valence-corrected chi connectivity index (χ0v) is 13.5. The molecule has 1 saturated heterocycles. The lowest BCUT2D eigenvalue weighted by atomic mass is 9.68. The summed E-state index contributed by atoms with van der Waals surface area (Å²) in [6.07, 6.45) is 5.38. The largest absolute Gasteiger partial charge is 0.497 e. The van der Waals surface area contributed by atoms with Crippen molar-refractivity contribution >= 4 is 11.9 Å². The molecule has 1 atom stereocenters. The second kappa shape index (κ2) is 6.60. The Morgan fingerprint density at radius 1 is 1.22 bits per heavy atom. The van der Waals surface area contributed by atoms with Gasteiger partial charge in [-0.15, -0.1) is 0 Å². The monoisotopic (exact) mass is 317 g/mol. The fourth-order valence-electron chi connectivity index (χ4n) is 3.64. The van der Waals surface area contributed by atoms with Gasteiger partial charge in [-0.25, -0.2) is 4.79 Å². The van der Waals surface area contributed by atoms with Gasteiger partial charge in [-0.2, -0.15) is 0 Å². The van der Waals surface area contributed by atoms with Gasteiger partial charge < -0.3 is 14.8 Å². The molecular weight excluding hydrogens is 294 g/mol. The zero-order chi connectivity index (χ0) is 16.3. The maximum absolute atomic E-state index is 13.0. The second-order valence-electron chi connectivity index (χ2n) is 6.35. The van der Waals surface area contributed by atoms with Gasteiger partial charge in [0.2, 0.25) is 5.91 Å². The highest BCUT2D eigenvalue weighted by Gasteiger charge is 2.43. The van der Waals surface area contributed by atoms with Gasteiger partial charge in [0.1, 0.15) is 11.8 Å². The number of ether oxygens (including phenoxy) is 2. The summed E-state index contributed by atoms with van der Waals surface area (Å²) in [6, 6.07) is 7.22. The minimum Gasteiger partial charge on any atom is -0.497 e. The molecule has 23 heavy (non-hydrogen) atoms. The molecule has 2 fully saturated rings. The van der Waals surface area contributed by atoms with E-state index in [1.165, 1.54) is 0 Å². The number of amides is 1. The SMILES string of the molecule is COc1ccc(C2(C(=O)N[C@H]3CCOC3=O)CCCCC2)cc1. The number of hydrogen-bond acceptors (Lipinski definition) is 4. The summed E-state index contributed by atoms with van der Waals surface area (Å²) in [5, 5.41) is 2.92. The van der Waals surface area contributed by atoms with Crippen LogP contribution in [0.2, 0.25) is 0 Å². The minimum atomic E-state index is -0.548. The van der Waals surface area contributed by atoms with Crippen molar-refractivity contribution in [1.29, 1.82) is 0 Å². The molecule has 1 aromatic carbocycles. The predicted octanol–water partition coefficient (Wildman–Crippen LogP) is 2.33. The summed E-state index contributed by atoms with van der Waals surface area (Å²) >= 11 is 0. The number of carbonyl (C=O) groups is 2. The van der Waals surface area contributed by atoms with E-state index in [1.54, 1.807) is 7.11 Å². The first kappa shape index (κ1) is 15.8. The highest BCUT2D eigenvalue weighted by atomic mass is 16.5. The number of benzene rings is 1. The van der Waals surface area contributed by atoms with Gasteiger partial charge in [-0.3, -0.25) is 4.79 Å². The molecule has 1 heterocycles. The van der Waals surface area contributed by atoms with E-state index in [9.17, 15) is 9.59 Å². The lowest BCUT2D eigenvalue weighted by Crippen LogP contribution is -2.50. The lowest BCUT2D eigenvalue weighted by Gasteiger charge is -2.37. The van der Waals surface area contributed by atoms with E-state index < -0.39 is 11.5 Å². The Bertz CT molecular complexity index is 575. The van der Waals surface area contributed by atoms with E-state index in [0.717, 1.165) is 43.4 Å². The molecule has 0 spiro atoms. The van der Waals surface area contributed by atoms with Crippen molar-refractivity contribution in [3.05, 3.63) is 29.8 Å². The van der Waals surface area contributed by atoms with Crippen molar-refractivity contribution in [2.24, 2.45) is 0 Å². The molecule has 1 amide bonds. The first-order chi connectivity index (χ1) is 11.2. The summed E-state index contributed by atoms with van der Waals surface area (Å²) in [4.78, 5) is 24.7. The van der Waals surface area contributed by atoms with E-state index in [2.05, 4.69) is 5.32 Å². The van der Waals surface area contributed by atoms with Crippen LogP contribution < -0.4 is 10.1 Å². The standard InChI is InChI=1S/C18H23NO4/c1-22-14-7-5-13(6-8-14)18(10-3-2-4-11-18)17(21)19-15-9-12-23-16(15)20/h5-8,15H,2-4,9-12H2,1H3,(H,19,21)/t15-/m0/s1.